The number of hydrogen-bond acceptors (Lipinski definition) is 3. The number of carbonyl (C=O) groups is 2. The van der Waals surface area contributed by atoms with Crippen LogP contribution in [0.4, 0.5) is 9.18 Å². The lowest BCUT2D eigenvalue weighted by molar-refractivity contribution is -0.123. The van der Waals surface area contributed by atoms with Gasteiger partial charge in [-0.25, -0.2) is 9.18 Å². The van der Waals surface area contributed by atoms with Gasteiger partial charge in [0.2, 0.25) is 5.91 Å². The molecule has 0 heterocycles. The first kappa shape index (κ1) is 22.2. The molecule has 2 aromatic rings. The molecule has 2 rings (SSSR count). The zero-order valence-electron chi connectivity index (χ0n) is 16.8. The number of urea groups is 1. The van der Waals surface area contributed by atoms with Gasteiger partial charge in [-0.05, 0) is 48.2 Å². The van der Waals surface area contributed by atoms with E-state index in [2.05, 4.69) is 16.0 Å². The van der Waals surface area contributed by atoms with Crippen molar-refractivity contribution in [2.75, 3.05) is 13.7 Å². The molecule has 0 radical (unpaired) electrons. The van der Waals surface area contributed by atoms with Gasteiger partial charge in [0.25, 0.3) is 0 Å². The minimum absolute atomic E-state index is 0.211. The van der Waals surface area contributed by atoms with E-state index in [1.807, 2.05) is 31.2 Å². The highest BCUT2D eigenvalue weighted by Crippen LogP contribution is 2.11. The molecule has 1 atom stereocenters. The molecule has 6 nitrogen and oxygen atoms in total. The number of amides is 3. The van der Waals surface area contributed by atoms with Crippen LogP contribution in [0.25, 0.3) is 0 Å². The van der Waals surface area contributed by atoms with Crippen LogP contribution in [0.3, 0.4) is 0 Å². The molecule has 0 bridgehead atoms. The van der Waals surface area contributed by atoms with Crippen molar-refractivity contribution in [3.8, 4) is 5.75 Å². The normalized spacial score (nSPS) is 11.4. The number of ether oxygens (including phenoxy) is 1. The third-order valence-corrected chi connectivity index (χ3v) is 4.44. The summed E-state index contributed by atoms with van der Waals surface area (Å²) in [5.74, 6) is 0.251. The van der Waals surface area contributed by atoms with Gasteiger partial charge in [-0.3, -0.25) is 4.79 Å². The van der Waals surface area contributed by atoms with E-state index in [4.69, 9.17) is 4.74 Å². The van der Waals surface area contributed by atoms with Crippen LogP contribution in [0.2, 0.25) is 0 Å². The molecule has 0 fully saturated rings. The Labute approximate surface area is 170 Å². The molecule has 0 aliphatic carbocycles. The zero-order chi connectivity index (χ0) is 21.1. The number of benzene rings is 2. The van der Waals surface area contributed by atoms with Crippen LogP contribution >= 0.6 is 0 Å². The molecule has 29 heavy (non-hydrogen) atoms. The molecule has 0 unspecified atom stereocenters. The Balaban J connectivity index is 1.77. The Morgan fingerprint density at radius 3 is 2.28 bits per heavy atom. The lowest BCUT2D eigenvalue weighted by Gasteiger charge is -2.18. The second kappa shape index (κ2) is 11.7. The van der Waals surface area contributed by atoms with Crippen LogP contribution in [0.5, 0.6) is 5.75 Å². The summed E-state index contributed by atoms with van der Waals surface area (Å²) < 4.78 is 18.1. The quantitative estimate of drug-likeness (QED) is 0.572. The fourth-order valence-corrected chi connectivity index (χ4v) is 2.80. The number of nitrogens with one attached hydrogen (secondary N) is 3. The van der Waals surface area contributed by atoms with Gasteiger partial charge in [0.15, 0.2) is 0 Å². The van der Waals surface area contributed by atoms with Crippen LogP contribution < -0.4 is 20.7 Å². The number of methoxy groups -OCH3 is 1. The van der Waals surface area contributed by atoms with Crippen molar-refractivity contribution in [3.05, 3.63) is 65.5 Å². The average molecular weight is 401 g/mol. The minimum Gasteiger partial charge on any atom is -0.497 e. The van der Waals surface area contributed by atoms with Crippen LogP contribution in [0.1, 0.15) is 30.9 Å². The first-order valence-electron chi connectivity index (χ1n) is 9.71. The van der Waals surface area contributed by atoms with Crippen molar-refractivity contribution in [2.45, 2.75) is 38.8 Å². The first-order valence-corrected chi connectivity index (χ1v) is 9.71. The van der Waals surface area contributed by atoms with E-state index in [1.165, 1.54) is 12.1 Å². The molecule has 0 aliphatic rings. The van der Waals surface area contributed by atoms with E-state index in [0.717, 1.165) is 23.3 Å². The van der Waals surface area contributed by atoms with Crippen molar-refractivity contribution >= 4 is 11.9 Å². The topological polar surface area (TPSA) is 79.5 Å². The molecule has 3 amide bonds. The van der Waals surface area contributed by atoms with Gasteiger partial charge in [-0.1, -0.05) is 37.6 Å². The molecular formula is C22H28FN3O3. The van der Waals surface area contributed by atoms with Crippen LogP contribution in [0, 0.1) is 5.82 Å². The SMILES string of the molecule is CCC[C@@H](NC(=O)NCc1ccc(F)cc1)C(=O)NCCc1ccc(OC)cc1. The summed E-state index contributed by atoms with van der Waals surface area (Å²) >= 11 is 0. The summed E-state index contributed by atoms with van der Waals surface area (Å²) in [5.41, 5.74) is 1.86. The molecule has 0 aromatic heterocycles. The minimum atomic E-state index is -0.607. The van der Waals surface area contributed by atoms with Crippen LogP contribution in [0.15, 0.2) is 48.5 Å². The van der Waals surface area contributed by atoms with Crippen LogP contribution in [-0.2, 0) is 17.8 Å². The molecule has 0 aliphatic heterocycles. The van der Waals surface area contributed by atoms with Gasteiger partial charge in [-0.2, -0.15) is 0 Å². The Morgan fingerprint density at radius 1 is 1.00 bits per heavy atom. The lowest BCUT2D eigenvalue weighted by Crippen LogP contribution is -2.50. The smallest absolute Gasteiger partial charge is 0.315 e. The Hall–Kier alpha value is -3.09. The summed E-state index contributed by atoms with van der Waals surface area (Å²) in [5, 5.41) is 8.28. The van der Waals surface area contributed by atoms with E-state index in [9.17, 15) is 14.0 Å². The predicted octanol–water partition coefficient (Wildman–Crippen LogP) is 3.16. The van der Waals surface area contributed by atoms with Gasteiger partial charge in [0, 0.05) is 13.1 Å². The summed E-state index contributed by atoms with van der Waals surface area (Å²) in [6, 6.07) is 12.5. The Kier molecular flexibility index (Phi) is 8.95. The molecule has 0 saturated carbocycles. The molecule has 156 valence electrons. The summed E-state index contributed by atoms with van der Waals surface area (Å²) in [7, 11) is 1.62. The highest BCUT2D eigenvalue weighted by molar-refractivity contribution is 5.86. The monoisotopic (exact) mass is 401 g/mol. The van der Waals surface area contributed by atoms with E-state index in [-0.39, 0.29) is 18.3 Å². The summed E-state index contributed by atoms with van der Waals surface area (Å²) in [6.45, 7) is 2.68. The predicted molar refractivity (Wildman–Crippen MR) is 110 cm³/mol. The fourth-order valence-electron chi connectivity index (χ4n) is 2.80. The van der Waals surface area contributed by atoms with Crippen molar-refractivity contribution in [1.82, 2.24) is 16.0 Å². The molecule has 7 heteroatoms. The maximum absolute atomic E-state index is 12.9. The third-order valence-electron chi connectivity index (χ3n) is 4.44. The van der Waals surface area contributed by atoms with E-state index in [1.54, 1.807) is 19.2 Å². The van der Waals surface area contributed by atoms with Gasteiger partial charge < -0.3 is 20.7 Å². The second-order valence-corrected chi connectivity index (χ2v) is 6.68. The summed E-state index contributed by atoms with van der Waals surface area (Å²) in [4.78, 5) is 24.6. The highest BCUT2D eigenvalue weighted by atomic mass is 19.1. The van der Waals surface area contributed by atoms with Gasteiger partial charge >= 0.3 is 6.03 Å². The number of rotatable bonds is 10. The van der Waals surface area contributed by atoms with E-state index >= 15 is 0 Å². The largest absolute Gasteiger partial charge is 0.497 e. The van der Waals surface area contributed by atoms with Crippen molar-refractivity contribution in [2.24, 2.45) is 0 Å². The van der Waals surface area contributed by atoms with Crippen LogP contribution in [-0.4, -0.2) is 31.6 Å². The lowest BCUT2D eigenvalue weighted by atomic mass is 10.1. The molecular weight excluding hydrogens is 373 g/mol. The maximum Gasteiger partial charge on any atom is 0.315 e. The number of carbonyl (C=O) groups excluding carboxylic acids is 2. The number of hydrogen-bond donors (Lipinski definition) is 3. The molecule has 0 saturated heterocycles. The first-order chi connectivity index (χ1) is 14.0. The average Bonchev–Trinajstić information content (AvgIpc) is 2.73. The van der Waals surface area contributed by atoms with Gasteiger partial charge in [-0.15, -0.1) is 0 Å². The zero-order valence-corrected chi connectivity index (χ0v) is 16.8. The highest BCUT2D eigenvalue weighted by Gasteiger charge is 2.19. The molecule has 3 N–H and O–H groups in total. The fraction of sp³-hybridized carbons (Fsp3) is 0.364. The number of halogens is 1. The Morgan fingerprint density at radius 2 is 1.66 bits per heavy atom. The van der Waals surface area contributed by atoms with E-state index < -0.39 is 12.1 Å². The van der Waals surface area contributed by atoms with Crippen molar-refractivity contribution < 1.29 is 18.7 Å². The molecule has 2 aromatic carbocycles. The maximum atomic E-state index is 12.9. The van der Waals surface area contributed by atoms with E-state index in [0.29, 0.717) is 19.4 Å². The van der Waals surface area contributed by atoms with Gasteiger partial charge in [0.05, 0.1) is 7.11 Å². The standard InChI is InChI=1S/C22H28FN3O3/c1-3-4-20(26-22(28)25-15-17-5-9-18(23)10-6-17)21(27)24-14-13-16-7-11-19(29-2)12-8-16/h5-12,20H,3-4,13-15H2,1-2H3,(H,24,27)(H2,25,26,28)/t20-/m1/s1. The third kappa shape index (κ3) is 7.81. The molecule has 0 spiro atoms. The Bertz CT molecular complexity index is 779. The van der Waals surface area contributed by atoms with Crippen molar-refractivity contribution in [3.63, 3.8) is 0 Å². The summed E-state index contributed by atoms with van der Waals surface area (Å²) in [6.07, 6.45) is 1.98. The second-order valence-electron chi connectivity index (χ2n) is 6.68. The van der Waals surface area contributed by atoms with Gasteiger partial charge in [0.1, 0.15) is 17.6 Å². The van der Waals surface area contributed by atoms with Crippen molar-refractivity contribution in [1.29, 1.82) is 0 Å².